The number of aromatic nitrogens is 2. The predicted molar refractivity (Wildman–Crippen MR) is 75.6 cm³/mol. The van der Waals surface area contributed by atoms with Crippen molar-refractivity contribution < 1.29 is 0 Å². The summed E-state index contributed by atoms with van der Waals surface area (Å²) in [6, 6.07) is 6.55. The molecule has 0 amide bonds. The number of aryl methyl sites for hydroxylation is 4. The summed E-state index contributed by atoms with van der Waals surface area (Å²) in [6.07, 6.45) is 0.861. The molecule has 0 aliphatic heterocycles. The van der Waals surface area contributed by atoms with Gasteiger partial charge in [-0.25, -0.2) is 0 Å². The van der Waals surface area contributed by atoms with Gasteiger partial charge in [0.05, 0.1) is 5.69 Å². The summed E-state index contributed by atoms with van der Waals surface area (Å²) in [5.41, 5.74) is 13.1. The van der Waals surface area contributed by atoms with Gasteiger partial charge in [0.2, 0.25) is 0 Å². The van der Waals surface area contributed by atoms with Crippen LogP contribution in [0, 0.1) is 20.8 Å². The molecule has 3 heteroatoms. The number of nitrogens with two attached hydrogens (primary N) is 1. The lowest BCUT2D eigenvalue weighted by Crippen LogP contribution is -2.08. The molecular weight excluding hydrogens is 222 g/mol. The zero-order chi connectivity index (χ0) is 13.3. The van der Waals surface area contributed by atoms with Crippen LogP contribution in [0.1, 0.15) is 22.5 Å². The summed E-state index contributed by atoms with van der Waals surface area (Å²) in [6.45, 7) is 6.98. The predicted octanol–water partition coefficient (Wildman–Crippen LogP) is 2.51. The number of hydrogen-bond donors (Lipinski definition) is 1. The Morgan fingerprint density at radius 3 is 2.61 bits per heavy atom. The molecule has 18 heavy (non-hydrogen) atoms. The molecule has 0 saturated carbocycles. The molecule has 0 aliphatic carbocycles. The first-order chi connectivity index (χ1) is 8.54. The Balaban J connectivity index is 2.66. The van der Waals surface area contributed by atoms with Gasteiger partial charge in [0.15, 0.2) is 0 Å². The van der Waals surface area contributed by atoms with Gasteiger partial charge in [-0.15, -0.1) is 0 Å². The third-order valence-corrected chi connectivity index (χ3v) is 3.38. The molecule has 0 bridgehead atoms. The van der Waals surface area contributed by atoms with Crippen molar-refractivity contribution in [3.63, 3.8) is 0 Å². The first-order valence-electron chi connectivity index (χ1n) is 6.34. The molecule has 2 rings (SSSR count). The van der Waals surface area contributed by atoms with Crippen LogP contribution in [0.5, 0.6) is 0 Å². The Kier molecular flexibility index (Phi) is 3.53. The highest BCUT2D eigenvalue weighted by Gasteiger charge is 2.16. The highest BCUT2D eigenvalue weighted by atomic mass is 15.3. The lowest BCUT2D eigenvalue weighted by molar-refractivity contribution is 0.701. The Morgan fingerprint density at radius 2 is 1.94 bits per heavy atom. The molecule has 1 aromatic carbocycles. The van der Waals surface area contributed by atoms with Gasteiger partial charge in [-0.2, -0.15) is 5.10 Å². The maximum absolute atomic E-state index is 5.71. The van der Waals surface area contributed by atoms with E-state index in [1.165, 1.54) is 27.9 Å². The molecule has 0 aliphatic rings. The summed E-state index contributed by atoms with van der Waals surface area (Å²) in [5.74, 6) is 0. The van der Waals surface area contributed by atoms with Crippen molar-refractivity contribution in [3.05, 3.63) is 40.7 Å². The van der Waals surface area contributed by atoms with Gasteiger partial charge < -0.3 is 5.73 Å². The number of hydrogen-bond acceptors (Lipinski definition) is 2. The fourth-order valence-electron chi connectivity index (χ4n) is 2.49. The molecular formula is C15H21N3. The molecule has 1 heterocycles. The van der Waals surface area contributed by atoms with E-state index in [9.17, 15) is 0 Å². The van der Waals surface area contributed by atoms with Gasteiger partial charge in [-0.05, 0) is 38.4 Å². The molecule has 0 fully saturated rings. The van der Waals surface area contributed by atoms with Gasteiger partial charge in [0, 0.05) is 24.7 Å². The second-order valence-corrected chi connectivity index (χ2v) is 4.89. The van der Waals surface area contributed by atoms with E-state index in [-0.39, 0.29) is 0 Å². The van der Waals surface area contributed by atoms with Gasteiger partial charge in [-0.1, -0.05) is 23.8 Å². The van der Waals surface area contributed by atoms with E-state index in [0.29, 0.717) is 6.54 Å². The average Bonchev–Trinajstić information content (AvgIpc) is 2.58. The highest BCUT2D eigenvalue weighted by Crippen LogP contribution is 2.30. The molecule has 0 saturated heterocycles. The molecule has 3 nitrogen and oxygen atoms in total. The number of rotatable bonds is 3. The lowest BCUT2D eigenvalue weighted by atomic mass is 9.96. The summed E-state index contributed by atoms with van der Waals surface area (Å²) >= 11 is 0. The van der Waals surface area contributed by atoms with Gasteiger partial charge >= 0.3 is 0 Å². The van der Waals surface area contributed by atoms with Crippen molar-refractivity contribution in [2.24, 2.45) is 12.8 Å². The van der Waals surface area contributed by atoms with Crippen molar-refractivity contribution in [3.8, 4) is 11.1 Å². The quantitative estimate of drug-likeness (QED) is 0.900. The summed E-state index contributed by atoms with van der Waals surface area (Å²) in [7, 11) is 1.99. The fourth-order valence-corrected chi connectivity index (χ4v) is 2.49. The largest absolute Gasteiger partial charge is 0.330 e. The van der Waals surface area contributed by atoms with Gasteiger partial charge in [0.25, 0.3) is 0 Å². The van der Waals surface area contributed by atoms with Crippen molar-refractivity contribution >= 4 is 0 Å². The van der Waals surface area contributed by atoms with E-state index < -0.39 is 0 Å². The molecule has 0 radical (unpaired) electrons. The zero-order valence-electron chi connectivity index (χ0n) is 11.6. The Hall–Kier alpha value is -1.61. The number of benzene rings is 1. The Labute approximate surface area is 109 Å². The minimum Gasteiger partial charge on any atom is -0.330 e. The summed E-state index contributed by atoms with van der Waals surface area (Å²) in [4.78, 5) is 0. The third kappa shape index (κ3) is 2.18. The van der Waals surface area contributed by atoms with Crippen LogP contribution in [0.25, 0.3) is 11.1 Å². The van der Waals surface area contributed by atoms with Crippen LogP contribution < -0.4 is 5.73 Å². The maximum Gasteiger partial charge on any atom is 0.0675 e. The van der Waals surface area contributed by atoms with E-state index >= 15 is 0 Å². The van der Waals surface area contributed by atoms with Gasteiger partial charge in [-0.3, -0.25) is 4.68 Å². The molecule has 2 N–H and O–H groups in total. The van der Waals surface area contributed by atoms with E-state index in [1.54, 1.807) is 0 Å². The second kappa shape index (κ2) is 4.94. The normalized spacial score (nSPS) is 10.9. The van der Waals surface area contributed by atoms with Crippen molar-refractivity contribution in [1.82, 2.24) is 9.78 Å². The molecule has 0 unspecified atom stereocenters. The zero-order valence-corrected chi connectivity index (χ0v) is 11.6. The fraction of sp³-hybridized carbons (Fsp3) is 0.400. The smallest absolute Gasteiger partial charge is 0.0675 e. The van der Waals surface area contributed by atoms with E-state index in [1.807, 2.05) is 11.7 Å². The maximum atomic E-state index is 5.71. The molecule has 96 valence electrons. The monoisotopic (exact) mass is 243 g/mol. The van der Waals surface area contributed by atoms with Crippen molar-refractivity contribution in [2.75, 3.05) is 6.54 Å². The second-order valence-electron chi connectivity index (χ2n) is 4.89. The molecule has 1 aromatic heterocycles. The van der Waals surface area contributed by atoms with Gasteiger partial charge in [0.1, 0.15) is 0 Å². The summed E-state index contributed by atoms with van der Waals surface area (Å²) in [5, 5.41) is 4.54. The van der Waals surface area contributed by atoms with Crippen LogP contribution >= 0.6 is 0 Å². The van der Waals surface area contributed by atoms with Crippen LogP contribution in [-0.4, -0.2) is 16.3 Å². The van der Waals surface area contributed by atoms with E-state index in [0.717, 1.165) is 12.1 Å². The van der Waals surface area contributed by atoms with Crippen molar-refractivity contribution in [1.29, 1.82) is 0 Å². The molecule has 0 atom stereocenters. The van der Waals surface area contributed by atoms with Crippen LogP contribution in [-0.2, 0) is 13.5 Å². The van der Waals surface area contributed by atoms with E-state index in [2.05, 4.69) is 44.1 Å². The van der Waals surface area contributed by atoms with Crippen LogP contribution in [0.2, 0.25) is 0 Å². The Morgan fingerprint density at radius 1 is 1.22 bits per heavy atom. The van der Waals surface area contributed by atoms with Crippen LogP contribution in [0.4, 0.5) is 0 Å². The summed E-state index contributed by atoms with van der Waals surface area (Å²) < 4.78 is 1.96. The molecule has 2 aromatic rings. The van der Waals surface area contributed by atoms with Crippen LogP contribution in [0.3, 0.4) is 0 Å². The van der Waals surface area contributed by atoms with Crippen molar-refractivity contribution in [2.45, 2.75) is 27.2 Å². The van der Waals surface area contributed by atoms with Crippen LogP contribution in [0.15, 0.2) is 18.2 Å². The minimum absolute atomic E-state index is 0.650. The minimum atomic E-state index is 0.650. The Bertz CT molecular complexity index is 567. The van der Waals surface area contributed by atoms with E-state index in [4.69, 9.17) is 5.73 Å². The first kappa shape index (κ1) is 12.8. The molecule has 0 spiro atoms. The highest BCUT2D eigenvalue weighted by molar-refractivity contribution is 5.72. The number of nitrogens with zero attached hydrogens (tertiary/aromatic N) is 2. The third-order valence-electron chi connectivity index (χ3n) is 3.38. The topological polar surface area (TPSA) is 43.8 Å². The average molecular weight is 243 g/mol. The first-order valence-corrected chi connectivity index (χ1v) is 6.34. The lowest BCUT2D eigenvalue weighted by Gasteiger charge is -2.10. The SMILES string of the molecule is Cc1ccc(C)c(-c2c(C)nn(C)c2CCN)c1. The standard InChI is InChI=1S/C15H21N3/c1-10-5-6-11(2)13(9-10)15-12(3)17-18(4)14(15)7-8-16/h5-6,9H,7-8,16H2,1-4H3.